The highest BCUT2D eigenvalue weighted by Crippen LogP contribution is 2.37. The SMILES string of the molecule is Cl.O=C(c1sc2cc(Cl)ccc2c1Cl)N1CCC(NCC2CC2)CC1. The molecule has 0 atom stereocenters. The van der Waals surface area contributed by atoms with Crippen LogP contribution in [0.15, 0.2) is 18.2 Å². The van der Waals surface area contributed by atoms with Crippen molar-refractivity contribution < 1.29 is 4.79 Å². The molecule has 1 aromatic carbocycles. The van der Waals surface area contributed by atoms with Crippen LogP contribution in [0.5, 0.6) is 0 Å². The van der Waals surface area contributed by atoms with Crippen LogP contribution in [0.4, 0.5) is 0 Å². The number of hydrogen-bond donors (Lipinski definition) is 1. The summed E-state index contributed by atoms with van der Waals surface area (Å²) in [5.41, 5.74) is 0. The Morgan fingerprint density at radius 1 is 1.20 bits per heavy atom. The van der Waals surface area contributed by atoms with Crippen LogP contribution >= 0.6 is 46.9 Å². The molecule has 0 radical (unpaired) electrons. The number of likely N-dealkylation sites (tertiary alicyclic amines) is 1. The van der Waals surface area contributed by atoms with E-state index in [0.717, 1.165) is 48.5 Å². The number of carbonyl (C=O) groups is 1. The standard InChI is InChI=1S/C18H20Cl2N2OS.ClH/c19-12-3-4-14-15(9-12)24-17(16(14)20)18(23)22-7-5-13(6-8-22)21-10-11-1-2-11;/h3-4,9,11,13,21H,1-2,5-8,10H2;1H. The number of benzene rings is 1. The van der Waals surface area contributed by atoms with Gasteiger partial charge in [0.05, 0.1) is 5.02 Å². The number of halogens is 3. The average molecular weight is 420 g/mol. The first-order chi connectivity index (χ1) is 11.6. The zero-order valence-electron chi connectivity index (χ0n) is 13.8. The van der Waals surface area contributed by atoms with E-state index in [9.17, 15) is 4.79 Å². The van der Waals surface area contributed by atoms with E-state index in [1.54, 1.807) is 0 Å². The van der Waals surface area contributed by atoms with Gasteiger partial charge in [-0.2, -0.15) is 0 Å². The number of carbonyl (C=O) groups excluding carboxylic acids is 1. The van der Waals surface area contributed by atoms with Gasteiger partial charge >= 0.3 is 0 Å². The largest absolute Gasteiger partial charge is 0.338 e. The number of rotatable bonds is 4. The van der Waals surface area contributed by atoms with Gasteiger partial charge < -0.3 is 10.2 Å². The molecule has 1 N–H and O–H groups in total. The van der Waals surface area contributed by atoms with E-state index in [0.29, 0.717) is 21.0 Å². The second-order valence-electron chi connectivity index (χ2n) is 6.80. The molecule has 7 heteroatoms. The van der Waals surface area contributed by atoms with Crippen molar-refractivity contribution in [2.45, 2.75) is 31.7 Å². The smallest absolute Gasteiger partial charge is 0.265 e. The molecule has 1 aromatic heterocycles. The highest BCUT2D eigenvalue weighted by Gasteiger charge is 2.28. The molecule has 0 spiro atoms. The van der Waals surface area contributed by atoms with Gasteiger partial charge in [0.25, 0.3) is 5.91 Å². The molecule has 2 aliphatic rings. The van der Waals surface area contributed by atoms with Crippen molar-refractivity contribution in [2.75, 3.05) is 19.6 Å². The van der Waals surface area contributed by atoms with Gasteiger partial charge in [-0.3, -0.25) is 4.79 Å². The first-order valence-corrected chi connectivity index (χ1v) is 10.1. The van der Waals surface area contributed by atoms with Crippen molar-refractivity contribution in [2.24, 2.45) is 5.92 Å². The predicted molar refractivity (Wildman–Crippen MR) is 109 cm³/mol. The van der Waals surface area contributed by atoms with Crippen LogP contribution in [0.1, 0.15) is 35.4 Å². The Bertz CT molecular complexity index is 767. The predicted octanol–water partition coefficient (Wildman–Crippen LogP) is 5.23. The first kappa shape index (κ1) is 19.2. The molecular formula is C18H21Cl3N2OS. The molecule has 0 unspecified atom stereocenters. The number of piperidine rings is 1. The molecule has 4 rings (SSSR count). The summed E-state index contributed by atoms with van der Waals surface area (Å²) in [5.74, 6) is 0.951. The van der Waals surface area contributed by atoms with Crippen molar-refractivity contribution in [3.8, 4) is 0 Å². The first-order valence-electron chi connectivity index (χ1n) is 8.52. The summed E-state index contributed by atoms with van der Waals surface area (Å²) in [6.45, 7) is 2.74. The molecule has 2 aromatic rings. The highest BCUT2D eigenvalue weighted by atomic mass is 35.5. The Morgan fingerprint density at radius 3 is 2.60 bits per heavy atom. The van der Waals surface area contributed by atoms with Gasteiger partial charge in [-0.1, -0.05) is 29.3 Å². The van der Waals surface area contributed by atoms with Crippen LogP contribution in [-0.2, 0) is 0 Å². The fourth-order valence-corrected chi connectivity index (χ4v) is 5.02. The highest BCUT2D eigenvalue weighted by molar-refractivity contribution is 7.21. The van der Waals surface area contributed by atoms with Gasteiger partial charge in [0.1, 0.15) is 4.88 Å². The lowest BCUT2D eigenvalue weighted by Gasteiger charge is -2.32. The minimum Gasteiger partial charge on any atom is -0.338 e. The van der Waals surface area contributed by atoms with Crippen LogP contribution in [-0.4, -0.2) is 36.5 Å². The second kappa shape index (κ2) is 8.01. The summed E-state index contributed by atoms with van der Waals surface area (Å²) < 4.78 is 0.969. The van der Waals surface area contributed by atoms with Gasteiger partial charge in [-0.25, -0.2) is 0 Å². The summed E-state index contributed by atoms with van der Waals surface area (Å²) >= 11 is 13.9. The van der Waals surface area contributed by atoms with Gasteiger partial charge in [0.15, 0.2) is 0 Å². The topological polar surface area (TPSA) is 32.3 Å². The van der Waals surface area contributed by atoms with E-state index in [1.807, 2.05) is 23.1 Å². The van der Waals surface area contributed by atoms with Gasteiger partial charge in [0.2, 0.25) is 0 Å². The van der Waals surface area contributed by atoms with Crippen LogP contribution in [0.25, 0.3) is 10.1 Å². The van der Waals surface area contributed by atoms with Crippen LogP contribution < -0.4 is 5.32 Å². The quantitative estimate of drug-likeness (QED) is 0.735. The maximum Gasteiger partial charge on any atom is 0.265 e. The molecule has 1 saturated heterocycles. The molecule has 1 amide bonds. The lowest BCUT2D eigenvalue weighted by Crippen LogP contribution is -2.45. The summed E-state index contributed by atoms with van der Waals surface area (Å²) in [6, 6.07) is 6.12. The number of nitrogens with one attached hydrogen (secondary N) is 1. The summed E-state index contributed by atoms with van der Waals surface area (Å²) in [7, 11) is 0. The number of thiophene rings is 1. The number of nitrogens with zero attached hydrogens (tertiary/aromatic N) is 1. The third kappa shape index (κ3) is 4.25. The fourth-order valence-electron chi connectivity index (χ4n) is 3.26. The van der Waals surface area contributed by atoms with Gasteiger partial charge in [-0.05, 0) is 50.3 Å². The van der Waals surface area contributed by atoms with Crippen molar-refractivity contribution in [3.63, 3.8) is 0 Å². The Hall–Kier alpha value is -0.520. The normalized spacial score (nSPS) is 18.4. The van der Waals surface area contributed by atoms with E-state index < -0.39 is 0 Å². The molecule has 2 fully saturated rings. The second-order valence-corrected chi connectivity index (χ2v) is 8.67. The van der Waals surface area contributed by atoms with E-state index >= 15 is 0 Å². The molecular weight excluding hydrogens is 399 g/mol. The zero-order chi connectivity index (χ0) is 16.7. The van der Waals surface area contributed by atoms with Crippen LogP contribution in [0.2, 0.25) is 10.0 Å². The number of fused-ring (bicyclic) bond motifs is 1. The summed E-state index contributed by atoms with van der Waals surface area (Å²) in [4.78, 5) is 15.4. The lowest BCUT2D eigenvalue weighted by molar-refractivity contribution is 0.0710. The molecule has 3 nitrogen and oxygen atoms in total. The van der Waals surface area contributed by atoms with Crippen LogP contribution in [0, 0.1) is 5.92 Å². The minimum atomic E-state index is 0. The average Bonchev–Trinajstić information content (AvgIpc) is 3.36. The Balaban J connectivity index is 0.00000182. The van der Waals surface area contributed by atoms with Crippen molar-refractivity contribution >= 4 is 62.9 Å². The summed E-state index contributed by atoms with van der Waals surface area (Å²) in [5, 5.41) is 5.79. The molecule has 1 aliphatic carbocycles. The maximum atomic E-state index is 12.9. The van der Waals surface area contributed by atoms with Crippen LogP contribution in [0.3, 0.4) is 0 Å². The Kier molecular flexibility index (Phi) is 6.17. The molecule has 25 heavy (non-hydrogen) atoms. The zero-order valence-corrected chi connectivity index (χ0v) is 16.9. The van der Waals surface area contributed by atoms with Gasteiger partial charge in [-0.15, -0.1) is 23.7 Å². The van der Waals surface area contributed by atoms with Crippen molar-refractivity contribution in [3.05, 3.63) is 33.1 Å². The number of amides is 1. The fraction of sp³-hybridized carbons (Fsp3) is 0.500. The molecule has 0 bridgehead atoms. The Morgan fingerprint density at radius 2 is 1.92 bits per heavy atom. The van der Waals surface area contributed by atoms with E-state index in [4.69, 9.17) is 23.2 Å². The van der Waals surface area contributed by atoms with E-state index in [2.05, 4.69) is 5.32 Å². The number of hydrogen-bond acceptors (Lipinski definition) is 3. The van der Waals surface area contributed by atoms with Crippen molar-refractivity contribution in [1.29, 1.82) is 0 Å². The lowest BCUT2D eigenvalue weighted by atomic mass is 10.0. The molecule has 1 saturated carbocycles. The maximum absolute atomic E-state index is 12.9. The molecule has 2 heterocycles. The Labute approximate surface area is 168 Å². The molecule has 1 aliphatic heterocycles. The third-order valence-electron chi connectivity index (χ3n) is 4.96. The summed E-state index contributed by atoms with van der Waals surface area (Å²) in [6.07, 6.45) is 4.79. The molecule has 136 valence electrons. The van der Waals surface area contributed by atoms with Gasteiger partial charge in [0, 0.05) is 34.2 Å². The van der Waals surface area contributed by atoms with E-state index in [1.165, 1.54) is 24.2 Å². The monoisotopic (exact) mass is 418 g/mol. The van der Waals surface area contributed by atoms with E-state index in [-0.39, 0.29) is 18.3 Å². The minimum absolute atomic E-state index is 0. The third-order valence-corrected chi connectivity index (χ3v) is 6.84. The van der Waals surface area contributed by atoms with Crippen molar-refractivity contribution in [1.82, 2.24) is 10.2 Å².